The molecule has 3 aliphatic rings. The van der Waals surface area contributed by atoms with Gasteiger partial charge in [0.25, 0.3) is 0 Å². The molecule has 2 aromatic heterocycles. The molecule has 1 aliphatic carbocycles. The Morgan fingerprint density at radius 2 is 1.83 bits per heavy atom. The van der Waals surface area contributed by atoms with Crippen molar-refractivity contribution in [2.75, 3.05) is 17.8 Å². The lowest BCUT2D eigenvalue weighted by molar-refractivity contribution is -0.274. The molecule has 0 radical (unpaired) electrons. The smallest absolute Gasteiger partial charge is 0.469 e. The fraction of sp³-hybridized carbons (Fsp3) is 0.469. The van der Waals surface area contributed by atoms with Crippen molar-refractivity contribution in [1.82, 2.24) is 10.1 Å². The number of hydrogen-bond acceptors (Lipinski definition) is 11. The van der Waals surface area contributed by atoms with Gasteiger partial charge in [-0.15, -0.1) is 13.2 Å². The zero-order chi connectivity index (χ0) is 33.8. The molecular weight excluding hydrogens is 678 g/mol. The summed E-state index contributed by atoms with van der Waals surface area (Å²) in [7, 11) is -2.77. The second kappa shape index (κ2) is 12.6. The van der Waals surface area contributed by atoms with Gasteiger partial charge in [0.15, 0.2) is 20.8 Å². The van der Waals surface area contributed by atoms with Crippen LogP contribution >= 0.6 is 11.3 Å². The van der Waals surface area contributed by atoms with Gasteiger partial charge in [-0.3, -0.25) is 4.79 Å². The number of piperidine rings is 1. The highest BCUT2D eigenvalue weighted by Crippen LogP contribution is 2.47. The minimum absolute atomic E-state index is 0.0476. The average Bonchev–Trinajstić information content (AvgIpc) is 3.55. The predicted molar refractivity (Wildman–Crippen MR) is 166 cm³/mol. The number of benzene rings is 2. The van der Waals surface area contributed by atoms with E-state index in [4.69, 9.17) is 9.26 Å². The maximum absolute atomic E-state index is 15.2. The molecule has 1 saturated carbocycles. The highest BCUT2D eigenvalue weighted by atomic mass is 32.2. The van der Waals surface area contributed by atoms with Crippen molar-refractivity contribution in [3.63, 3.8) is 0 Å². The Bertz CT molecular complexity index is 1940. The molecule has 3 fully saturated rings. The van der Waals surface area contributed by atoms with Crippen LogP contribution in [0.1, 0.15) is 62.2 Å². The molecule has 2 aliphatic heterocycles. The molecule has 0 N–H and O–H groups in total. The number of carbonyl (C=O) groups is 1. The summed E-state index contributed by atoms with van der Waals surface area (Å²) in [5, 5.41) is 4.76. The van der Waals surface area contributed by atoms with Crippen LogP contribution in [0.15, 0.2) is 45.8 Å². The molecule has 0 spiro atoms. The molecule has 2 saturated heterocycles. The number of ether oxygens (including phenoxy) is 3. The van der Waals surface area contributed by atoms with Crippen LogP contribution < -0.4 is 9.64 Å². The first-order chi connectivity index (χ1) is 22.9. The molecule has 0 amide bonds. The molecule has 1 unspecified atom stereocenters. The third kappa shape index (κ3) is 6.61. The number of fused-ring (bicyclic) bond motifs is 3. The Balaban J connectivity index is 1.08. The Kier molecular flexibility index (Phi) is 8.60. The van der Waals surface area contributed by atoms with Gasteiger partial charge < -0.3 is 23.6 Å². The molecule has 16 heteroatoms. The number of alkyl halides is 3. The number of hydrogen-bond donors (Lipinski definition) is 0. The monoisotopic (exact) mass is 709 g/mol. The first kappa shape index (κ1) is 32.8. The lowest BCUT2D eigenvalue weighted by Gasteiger charge is -2.38. The first-order valence-electron chi connectivity index (χ1n) is 15.5. The van der Waals surface area contributed by atoms with Crippen LogP contribution in [-0.2, 0) is 30.7 Å². The van der Waals surface area contributed by atoms with Crippen molar-refractivity contribution in [3.8, 4) is 17.0 Å². The van der Waals surface area contributed by atoms with Gasteiger partial charge in [-0.05, 0) is 62.8 Å². The van der Waals surface area contributed by atoms with E-state index in [1.807, 2.05) is 0 Å². The van der Waals surface area contributed by atoms with Crippen LogP contribution in [0.5, 0.6) is 5.75 Å². The van der Waals surface area contributed by atoms with E-state index in [-0.39, 0.29) is 64.6 Å². The maximum Gasteiger partial charge on any atom is 0.573 e. The number of rotatable bonds is 11. The van der Waals surface area contributed by atoms with Gasteiger partial charge in [-0.1, -0.05) is 28.6 Å². The van der Waals surface area contributed by atoms with Crippen molar-refractivity contribution in [2.45, 2.75) is 86.9 Å². The molecule has 4 aromatic rings. The number of aromatic nitrogens is 2. The Hall–Kier alpha value is -3.76. The van der Waals surface area contributed by atoms with Crippen molar-refractivity contribution >= 4 is 42.5 Å². The number of sulfone groups is 1. The van der Waals surface area contributed by atoms with Gasteiger partial charge in [0.1, 0.15) is 22.7 Å². The van der Waals surface area contributed by atoms with Gasteiger partial charge in [0.05, 0.1) is 41.6 Å². The summed E-state index contributed by atoms with van der Waals surface area (Å²) in [6, 6.07) is 8.26. The highest BCUT2D eigenvalue weighted by molar-refractivity contribution is 7.91. The van der Waals surface area contributed by atoms with Crippen LogP contribution in [0.3, 0.4) is 0 Å². The van der Waals surface area contributed by atoms with E-state index in [0.717, 1.165) is 31.7 Å². The Labute approximate surface area is 276 Å². The fourth-order valence-electron chi connectivity index (χ4n) is 6.67. The summed E-state index contributed by atoms with van der Waals surface area (Å²) in [6.07, 6.45) is -0.550. The molecule has 256 valence electrons. The zero-order valence-electron chi connectivity index (χ0n) is 25.7. The summed E-state index contributed by atoms with van der Waals surface area (Å²) < 4.78 is 102. The molecule has 7 rings (SSSR count). The second-order valence-corrected chi connectivity index (χ2v) is 15.4. The quantitative estimate of drug-likeness (QED) is 0.120. The molecule has 2 bridgehead atoms. The van der Waals surface area contributed by atoms with E-state index in [1.165, 1.54) is 42.7 Å². The number of nitrogens with zero attached hydrogens (tertiary/aromatic N) is 3. The van der Waals surface area contributed by atoms with Crippen molar-refractivity contribution in [2.24, 2.45) is 0 Å². The topological polar surface area (TPSA) is 121 Å². The second-order valence-electron chi connectivity index (χ2n) is 12.3. The fourth-order valence-corrected chi connectivity index (χ4v) is 9.16. The van der Waals surface area contributed by atoms with Crippen LogP contribution in [-0.4, -0.2) is 61.9 Å². The minimum Gasteiger partial charge on any atom is -0.469 e. The third-order valence-electron chi connectivity index (χ3n) is 9.08. The molecular formula is C32H31F4N3O7S2. The van der Waals surface area contributed by atoms with E-state index in [0.29, 0.717) is 34.0 Å². The number of carbonyl (C=O) groups excluding carboxylic acids is 1. The zero-order valence-corrected chi connectivity index (χ0v) is 27.3. The van der Waals surface area contributed by atoms with Gasteiger partial charge in [-0.2, -0.15) is 0 Å². The standard InChI is InChI=1S/C32H31F4N3O7S2/c1-43-27(40)10-11-48(41,42)21-14-24(33)29-26(15-21)47-31(37-29)39-18-8-9-19(39)13-20(12-18)44-16-23-28(38-46-30(23)17-6-7-17)22-4-2-3-5-25(22)45-32(34,35)36/h2-5,14-15,17-20H,6-13,16H2,1H3/t18-,19+,20?. The SMILES string of the molecule is COC(=O)CCS(=O)(=O)c1cc(F)c2nc(N3[C@@H]4CC[C@H]3CC(OCc3c(-c5ccccc5OC(F)(F)F)noc3C3CC3)C4)sc2c1. The third-order valence-corrected chi connectivity index (χ3v) is 11.8. The molecule has 10 nitrogen and oxygen atoms in total. The summed E-state index contributed by atoms with van der Waals surface area (Å²) in [4.78, 5) is 18.0. The number of anilines is 1. The van der Waals surface area contributed by atoms with Crippen LogP contribution in [0, 0.1) is 5.82 Å². The molecule has 4 heterocycles. The van der Waals surface area contributed by atoms with Crippen LogP contribution in [0.25, 0.3) is 21.5 Å². The number of para-hydroxylation sites is 1. The van der Waals surface area contributed by atoms with E-state index in [9.17, 15) is 26.4 Å². The van der Waals surface area contributed by atoms with Gasteiger partial charge in [0, 0.05) is 29.1 Å². The molecule has 3 atom stereocenters. The van der Waals surface area contributed by atoms with Crippen molar-refractivity contribution < 1.29 is 49.5 Å². The Morgan fingerprint density at radius 3 is 2.52 bits per heavy atom. The lowest BCUT2D eigenvalue weighted by atomic mass is 10.00. The van der Waals surface area contributed by atoms with Crippen molar-refractivity contribution in [3.05, 3.63) is 53.5 Å². The van der Waals surface area contributed by atoms with Gasteiger partial charge >= 0.3 is 12.3 Å². The molecule has 2 aromatic carbocycles. The lowest BCUT2D eigenvalue weighted by Crippen LogP contribution is -2.45. The van der Waals surface area contributed by atoms with Crippen molar-refractivity contribution in [1.29, 1.82) is 0 Å². The largest absolute Gasteiger partial charge is 0.573 e. The number of halogens is 4. The van der Waals surface area contributed by atoms with Crippen LogP contribution in [0.4, 0.5) is 22.7 Å². The van der Waals surface area contributed by atoms with E-state index in [1.54, 1.807) is 6.07 Å². The van der Waals surface area contributed by atoms with E-state index in [2.05, 4.69) is 24.5 Å². The summed E-state index contributed by atoms with van der Waals surface area (Å²) in [5.41, 5.74) is 1.13. The van der Waals surface area contributed by atoms with Gasteiger partial charge in [-0.25, -0.2) is 17.8 Å². The van der Waals surface area contributed by atoms with Gasteiger partial charge in [0.2, 0.25) is 0 Å². The highest BCUT2D eigenvalue weighted by Gasteiger charge is 2.43. The normalized spacial score (nSPS) is 21.2. The summed E-state index contributed by atoms with van der Waals surface area (Å²) in [5.74, 6) is -1.53. The number of esters is 1. The van der Waals surface area contributed by atoms with Crippen LogP contribution in [0.2, 0.25) is 0 Å². The molecule has 48 heavy (non-hydrogen) atoms. The number of methoxy groups -OCH3 is 1. The first-order valence-corrected chi connectivity index (χ1v) is 18.0. The number of thiazole rings is 1. The van der Waals surface area contributed by atoms with E-state index >= 15 is 4.39 Å². The minimum atomic E-state index is -4.87. The Morgan fingerprint density at radius 1 is 1.10 bits per heavy atom. The summed E-state index contributed by atoms with van der Waals surface area (Å²) >= 11 is 1.22. The maximum atomic E-state index is 15.2. The average molecular weight is 710 g/mol. The summed E-state index contributed by atoms with van der Waals surface area (Å²) in [6.45, 7) is 0.106. The predicted octanol–water partition coefficient (Wildman–Crippen LogP) is 6.92. The van der Waals surface area contributed by atoms with E-state index < -0.39 is 33.7 Å².